The molecule has 0 aromatic heterocycles. The summed E-state index contributed by atoms with van der Waals surface area (Å²) in [6, 6.07) is 7.87. The van der Waals surface area contributed by atoms with E-state index in [9.17, 15) is 30.8 Å². The molecule has 1 heterocycles. The molecule has 2 aromatic rings. The van der Waals surface area contributed by atoms with Crippen LogP contribution in [0.2, 0.25) is 0 Å². The molecule has 0 radical (unpaired) electrons. The zero-order valence-electron chi connectivity index (χ0n) is 19.1. The predicted octanol–water partition coefficient (Wildman–Crippen LogP) is 4.45. The number of alkyl halides is 3. The van der Waals surface area contributed by atoms with Crippen LogP contribution < -0.4 is 9.46 Å². The second kappa shape index (κ2) is 9.77. The first kappa shape index (κ1) is 25.4. The van der Waals surface area contributed by atoms with Gasteiger partial charge in [-0.3, -0.25) is 9.69 Å². The smallest absolute Gasteiger partial charge is 0.419 e. The number of amides is 1. The number of para-hydroxylation sites is 1. The van der Waals surface area contributed by atoms with Crippen molar-refractivity contribution in [1.29, 1.82) is 0 Å². The van der Waals surface area contributed by atoms with Crippen LogP contribution in [0.5, 0.6) is 5.75 Å². The molecule has 11 heteroatoms. The Labute approximate surface area is 201 Å². The van der Waals surface area contributed by atoms with Crippen LogP contribution in [0.25, 0.3) is 0 Å². The van der Waals surface area contributed by atoms with Crippen molar-refractivity contribution in [1.82, 2.24) is 9.62 Å². The molecule has 1 N–H and O–H groups in total. The third-order valence-corrected chi connectivity index (χ3v) is 6.74. The standard InChI is InChI=1S/C24H26F4N2O4S/c1-35(32,33)29-23(31)19-13-18(15-6-7-15)16(12-21(19)25)14-30-10-8-17(9-11-30)34-22-5-3-2-4-20(22)24(26,27)28/h2-5,12-13,15,17H,6-11,14H2,1H3,(H,29,31). The van der Waals surface area contributed by atoms with E-state index in [1.54, 1.807) is 4.72 Å². The zero-order valence-corrected chi connectivity index (χ0v) is 19.9. The molecule has 0 spiro atoms. The lowest BCUT2D eigenvalue weighted by atomic mass is 9.97. The van der Waals surface area contributed by atoms with E-state index in [2.05, 4.69) is 4.90 Å². The van der Waals surface area contributed by atoms with Crippen molar-refractivity contribution >= 4 is 15.9 Å². The number of carbonyl (C=O) groups is 1. The van der Waals surface area contributed by atoms with Crippen molar-refractivity contribution in [3.8, 4) is 5.75 Å². The highest BCUT2D eigenvalue weighted by Gasteiger charge is 2.35. The van der Waals surface area contributed by atoms with Crippen LogP contribution in [-0.4, -0.2) is 44.7 Å². The van der Waals surface area contributed by atoms with Gasteiger partial charge in [-0.1, -0.05) is 12.1 Å². The van der Waals surface area contributed by atoms with E-state index in [1.165, 1.54) is 30.3 Å². The van der Waals surface area contributed by atoms with Gasteiger partial charge in [0.05, 0.1) is 17.4 Å². The molecule has 2 aliphatic rings. The molecule has 1 aliphatic heterocycles. The summed E-state index contributed by atoms with van der Waals surface area (Å²) in [5.74, 6) is -1.79. The molecule has 4 rings (SSSR count). The Morgan fingerprint density at radius 1 is 1.11 bits per heavy atom. The van der Waals surface area contributed by atoms with Crippen LogP contribution in [0.1, 0.15) is 58.6 Å². The second-order valence-electron chi connectivity index (χ2n) is 9.10. The number of nitrogens with one attached hydrogen (secondary N) is 1. The number of sulfonamides is 1. The summed E-state index contributed by atoms with van der Waals surface area (Å²) in [6.45, 7) is 1.53. The monoisotopic (exact) mass is 514 g/mol. The largest absolute Gasteiger partial charge is 0.490 e. The minimum atomic E-state index is -4.50. The summed E-state index contributed by atoms with van der Waals surface area (Å²) < 4.78 is 84.7. The van der Waals surface area contributed by atoms with Crippen LogP contribution in [0.4, 0.5) is 17.6 Å². The maximum Gasteiger partial charge on any atom is 0.419 e. The molecule has 1 aliphatic carbocycles. The number of halogens is 4. The van der Waals surface area contributed by atoms with Gasteiger partial charge in [0.1, 0.15) is 17.7 Å². The summed E-state index contributed by atoms with van der Waals surface area (Å²) in [4.78, 5) is 14.3. The molecule has 1 saturated heterocycles. The van der Waals surface area contributed by atoms with Crippen LogP contribution in [0.3, 0.4) is 0 Å². The summed E-state index contributed by atoms with van der Waals surface area (Å²) in [6.07, 6.45) is -1.19. The van der Waals surface area contributed by atoms with Gasteiger partial charge in [0, 0.05) is 19.6 Å². The zero-order chi connectivity index (χ0) is 25.4. The average Bonchev–Trinajstić information content (AvgIpc) is 3.59. The number of rotatable bonds is 7. The molecular weight excluding hydrogens is 488 g/mol. The van der Waals surface area contributed by atoms with Crippen LogP contribution in [0.15, 0.2) is 36.4 Å². The van der Waals surface area contributed by atoms with Crippen molar-refractivity contribution in [3.63, 3.8) is 0 Å². The molecule has 1 saturated carbocycles. The normalized spacial score (nSPS) is 17.9. The lowest BCUT2D eigenvalue weighted by Crippen LogP contribution is -2.38. The van der Waals surface area contributed by atoms with E-state index in [4.69, 9.17) is 4.74 Å². The minimum absolute atomic E-state index is 0.181. The van der Waals surface area contributed by atoms with Gasteiger partial charge in [-0.25, -0.2) is 17.5 Å². The Balaban J connectivity index is 1.42. The number of carbonyl (C=O) groups excluding carboxylic acids is 1. The number of ether oxygens (including phenoxy) is 1. The minimum Gasteiger partial charge on any atom is -0.490 e. The highest BCUT2D eigenvalue weighted by Crippen LogP contribution is 2.43. The lowest BCUT2D eigenvalue weighted by Gasteiger charge is -2.33. The van der Waals surface area contributed by atoms with Gasteiger partial charge in [-0.05, 0) is 67.0 Å². The molecule has 35 heavy (non-hydrogen) atoms. The van der Waals surface area contributed by atoms with Crippen LogP contribution >= 0.6 is 0 Å². The second-order valence-corrected chi connectivity index (χ2v) is 10.8. The van der Waals surface area contributed by atoms with E-state index < -0.39 is 33.5 Å². The van der Waals surface area contributed by atoms with Crippen molar-refractivity contribution in [2.75, 3.05) is 19.3 Å². The Bertz CT molecular complexity index is 1200. The van der Waals surface area contributed by atoms with Crippen molar-refractivity contribution < 1.29 is 35.5 Å². The molecule has 6 nitrogen and oxygen atoms in total. The van der Waals surface area contributed by atoms with Gasteiger partial charge in [0.2, 0.25) is 10.0 Å². The fourth-order valence-corrected chi connectivity index (χ4v) is 4.80. The Kier molecular flexibility index (Phi) is 7.10. The van der Waals surface area contributed by atoms with Gasteiger partial charge in [-0.15, -0.1) is 0 Å². The molecule has 0 unspecified atom stereocenters. The third-order valence-electron chi connectivity index (χ3n) is 6.18. The Morgan fingerprint density at radius 3 is 2.37 bits per heavy atom. The first-order valence-corrected chi connectivity index (χ1v) is 13.2. The first-order valence-electron chi connectivity index (χ1n) is 11.3. The maximum atomic E-state index is 14.7. The molecule has 2 aromatic carbocycles. The van der Waals surface area contributed by atoms with Crippen LogP contribution in [-0.2, 0) is 22.7 Å². The fourth-order valence-electron chi connectivity index (χ4n) is 4.35. The molecular formula is C24H26F4N2O4S. The molecule has 1 amide bonds. The SMILES string of the molecule is CS(=O)(=O)NC(=O)c1cc(C2CC2)c(CN2CCC(Oc3ccccc3C(F)(F)F)CC2)cc1F. The van der Waals surface area contributed by atoms with Gasteiger partial charge in [-0.2, -0.15) is 13.2 Å². The number of piperidine rings is 1. The molecule has 0 bridgehead atoms. The fraction of sp³-hybridized carbons (Fsp3) is 0.458. The quantitative estimate of drug-likeness (QED) is 0.553. The van der Waals surface area contributed by atoms with E-state index in [0.717, 1.165) is 36.3 Å². The van der Waals surface area contributed by atoms with Gasteiger partial charge < -0.3 is 4.74 Å². The highest BCUT2D eigenvalue weighted by molar-refractivity contribution is 7.89. The van der Waals surface area contributed by atoms with E-state index >= 15 is 0 Å². The number of hydrogen-bond donors (Lipinski definition) is 1. The first-order chi connectivity index (χ1) is 16.4. The van der Waals surface area contributed by atoms with E-state index in [1.807, 2.05) is 0 Å². The third kappa shape index (κ3) is 6.52. The number of likely N-dealkylation sites (tertiary alicyclic amines) is 1. The van der Waals surface area contributed by atoms with E-state index in [0.29, 0.717) is 32.5 Å². The molecule has 0 atom stereocenters. The molecule has 2 fully saturated rings. The van der Waals surface area contributed by atoms with Crippen LogP contribution in [0, 0.1) is 5.82 Å². The Hall–Kier alpha value is -2.66. The predicted molar refractivity (Wildman–Crippen MR) is 121 cm³/mol. The molecule has 190 valence electrons. The maximum absolute atomic E-state index is 14.7. The summed E-state index contributed by atoms with van der Waals surface area (Å²) in [7, 11) is -3.83. The van der Waals surface area contributed by atoms with Gasteiger partial charge in [0.15, 0.2) is 0 Å². The summed E-state index contributed by atoms with van der Waals surface area (Å²) in [5, 5.41) is 0. The van der Waals surface area contributed by atoms with E-state index in [-0.39, 0.29) is 23.3 Å². The highest BCUT2D eigenvalue weighted by atomic mass is 32.2. The summed E-state index contributed by atoms with van der Waals surface area (Å²) >= 11 is 0. The number of benzene rings is 2. The lowest BCUT2D eigenvalue weighted by molar-refractivity contribution is -0.139. The Morgan fingerprint density at radius 2 is 1.77 bits per heavy atom. The number of hydrogen-bond acceptors (Lipinski definition) is 5. The van der Waals surface area contributed by atoms with Crippen molar-refractivity contribution in [3.05, 3.63) is 64.5 Å². The summed E-state index contributed by atoms with van der Waals surface area (Å²) in [5.41, 5.74) is 0.439. The van der Waals surface area contributed by atoms with Crippen molar-refractivity contribution in [2.24, 2.45) is 0 Å². The van der Waals surface area contributed by atoms with Crippen molar-refractivity contribution in [2.45, 2.75) is 50.4 Å². The van der Waals surface area contributed by atoms with Gasteiger partial charge in [0.25, 0.3) is 5.91 Å². The number of nitrogens with zero attached hydrogens (tertiary/aromatic N) is 1. The topological polar surface area (TPSA) is 75.7 Å². The average molecular weight is 515 g/mol. The van der Waals surface area contributed by atoms with Gasteiger partial charge >= 0.3 is 6.18 Å².